The fourth-order valence-corrected chi connectivity index (χ4v) is 2.80. The topological polar surface area (TPSA) is 61.8 Å². The van der Waals surface area contributed by atoms with Crippen LogP contribution in [-0.4, -0.2) is 25.0 Å². The summed E-state index contributed by atoms with van der Waals surface area (Å²) in [6.07, 6.45) is 0.897. The minimum absolute atomic E-state index is 0.194. The highest BCUT2D eigenvalue weighted by atomic mass is 35.5. The van der Waals surface area contributed by atoms with E-state index < -0.39 is 12.1 Å². The quantitative estimate of drug-likeness (QED) is 0.594. The highest BCUT2D eigenvalue weighted by Crippen LogP contribution is 2.37. The fraction of sp³-hybridized carbons (Fsp3) is 0.200. The van der Waals surface area contributed by atoms with Gasteiger partial charge in [-0.15, -0.1) is 0 Å². The van der Waals surface area contributed by atoms with Crippen LogP contribution >= 0.6 is 11.6 Å². The van der Waals surface area contributed by atoms with Crippen LogP contribution in [0.15, 0.2) is 42.2 Å². The number of ketones is 1. The van der Waals surface area contributed by atoms with Gasteiger partial charge in [0, 0.05) is 11.1 Å². The Labute approximate surface area is 156 Å². The number of methoxy groups -OCH3 is 1. The van der Waals surface area contributed by atoms with Crippen molar-refractivity contribution in [3.05, 3.63) is 63.9 Å². The smallest absolute Gasteiger partial charge is 0.346 e. The lowest BCUT2D eigenvalue weighted by molar-refractivity contribution is -0.147. The first kappa shape index (κ1) is 18.0. The van der Waals surface area contributed by atoms with E-state index in [0.717, 1.165) is 5.56 Å². The second-order valence-electron chi connectivity index (χ2n) is 5.89. The second kappa shape index (κ2) is 7.22. The molecular formula is C20H17ClO5. The minimum Gasteiger partial charge on any atom is -0.479 e. The molecule has 2 aromatic rings. The third-order valence-corrected chi connectivity index (χ3v) is 4.21. The van der Waals surface area contributed by atoms with Crippen molar-refractivity contribution in [2.45, 2.75) is 20.0 Å². The minimum atomic E-state index is -0.765. The predicted octanol–water partition coefficient (Wildman–Crippen LogP) is 4.20. The Hall–Kier alpha value is -2.79. The van der Waals surface area contributed by atoms with Crippen molar-refractivity contribution in [2.24, 2.45) is 0 Å². The van der Waals surface area contributed by atoms with E-state index in [-0.39, 0.29) is 11.5 Å². The summed E-state index contributed by atoms with van der Waals surface area (Å²) in [6, 6.07) is 10.4. The summed E-state index contributed by atoms with van der Waals surface area (Å²) in [5.41, 5.74) is 2.00. The number of rotatable bonds is 4. The van der Waals surface area contributed by atoms with Gasteiger partial charge in [0.2, 0.25) is 5.78 Å². The molecule has 2 aromatic carbocycles. The highest BCUT2D eigenvalue weighted by Gasteiger charge is 2.30. The van der Waals surface area contributed by atoms with Gasteiger partial charge in [-0.2, -0.15) is 0 Å². The van der Waals surface area contributed by atoms with Crippen LogP contribution in [0.4, 0.5) is 0 Å². The van der Waals surface area contributed by atoms with Gasteiger partial charge in [-0.05, 0) is 49.2 Å². The number of hydrogen-bond acceptors (Lipinski definition) is 5. The zero-order valence-corrected chi connectivity index (χ0v) is 15.3. The standard InChI is InChI=1S/C20H17ClO5/c1-11-8-15(25-12(2)20(23)24-3)10-16-18(11)19(22)17(26-16)9-13-4-6-14(21)7-5-13/h4-10,12H,1-3H3/b17-9-. The molecule has 1 aliphatic rings. The van der Waals surface area contributed by atoms with E-state index in [2.05, 4.69) is 4.74 Å². The molecule has 1 aliphatic heterocycles. The van der Waals surface area contributed by atoms with Gasteiger partial charge in [0.1, 0.15) is 11.5 Å². The molecule has 0 aromatic heterocycles. The molecule has 0 aliphatic carbocycles. The van der Waals surface area contributed by atoms with Crippen LogP contribution in [0.3, 0.4) is 0 Å². The number of ether oxygens (including phenoxy) is 3. The lowest BCUT2D eigenvalue weighted by Crippen LogP contribution is -2.24. The number of aryl methyl sites for hydroxylation is 1. The molecule has 134 valence electrons. The Balaban J connectivity index is 1.88. The summed E-state index contributed by atoms with van der Waals surface area (Å²) in [5, 5.41) is 0.617. The van der Waals surface area contributed by atoms with Gasteiger partial charge in [-0.1, -0.05) is 23.7 Å². The maximum atomic E-state index is 12.6. The van der Waals surface area contributed by atoms with Crippen LogP contribution in [0.2, 0.25) is 5.02 Å². The third kappa shape index (κ3) is 3.58. The molecule has 0 spiro atoms. The number of esters is 1. The molecule has 1 heterocycles. The van der Waals surface area contributed by atoms with E-state index in [1.54, 1.807) is 56.3 Å². The number of allylic oxidation sites excluding steroid dienone is 1. The van der Waals surface area contributed by atoms with Crippen LogP contribution in [0.25, 0.3) is 6.08 Å². The molecule has 0 N–H and O–H groups in total. The molecule has 0 saturated carbocycles. The van der Waals surface area contributed by atoms with Gasteiger partial charge >= 0.3 is 5.97 Å². The number of hydrogen-bond donors (Lipinski definition) is 0. The van der Waals surface area contributed by atoms with Gasteiger partial charge in [-0.25, -0.2) is 4.79 Å². The number of benzene rings is 2. The van der Waals surface area contributed by atoms with Gasteiger partial charge in [0.25, 0.3) is 0 Å². The van der Waals surface area contributed by atoms with Crippen LogP contribution in [-0.2, 0) is 9.53 Å². The fourth-order valence-electron chi connectivity index (χ4n) is 2.67. The molecule has 0 radical (unpaired) electrons. The second-order valence-corrected chi connectivity index (χ2v) is 6.32. The SMILES string of the molecule is COC(=O)C(C)Oc1cc(C)c2c(c1)O/C(=C\c1ccc(Cl)cc1)C2=O. The van der Waals surface area contributed by atoms with Gasteiger partial charge < -0.3 is 14.2 Å². The molecule has 0 fully saturated rings. The average molecular weight is 373 g/mol. The van der Waals surface area contributed by atoms with E-state index in [1.165, 1.54) is 7.11 Å². The maximum Gasteiger partial charge on any atom is 0.346 e. The zero-order valence-electron chi connectivity index (χ0n) is 14.5. The van der Waals surface area contributed by atoms with Gasteiger partial charge in [0.05, 0.1) is 12.7 Å². The van der Waals surface area contributed by atoms with Gasteiger partial charge in [0.15, 0.2) is 11.9 Å². The van der Waals surface area contributed by atoms with E-state index in [1.807, 2.05) is 0 Å². The van der Waals surface area contributed by atoms with E-state index in [9.17, 15) is 9.59 Å². The number of carbonyl (C=O) groups excluding carboxylic acids is 2. The molecule has 26 heavy (non-hydrogen) atoms. The van der Waals surface area contributed by atoms with E-state index in [4.69, 9.17) is 21.1 Å². The van der Waals surface area contributed by atoms with Crippen molar-refractivity contribution in [3.8, 4) is 11.5 Å². The Kier molecular flexibility index (Phi) is 5.00. The summed E-state index contributed by atoms with van der Waals surface area (Å²) in [5.74, 6) is 0.383. The molecular weight excluding hydrogens is 356 g/mol. The molecule has 1 atom stereocenters. The van der Waals surface area contributed by atoms with E-state index >= 15 is 0 Å². The molecule has 1 unspecified atom stereocenters. The highest BCUT2D eigenvalue weighted by molar-refractivity contribution is 6.30. The number of halogens is 1. The lowest BCUT2D eigenvalue weighted by Gasteiger charge is -2.13. The first-order chi connectivity index (χ1) is 12.4. The number of fused-ring (bicyclic) bond motifs is 1. The maximum absolute atomic E-state index is 12.6. The van der Waals surface area contributed by atoms with Crippen molar-refractivity contribution in [1.29, 1.82) is 0 Å². The van der Waals surface area contributed by atoms with Crippen molar-refractivity contribution in [1.82, 2.24) is 0 Å². The first-order valence-corrected chi connectivity index (χ1v) is 8.36. The Bertz CT molecular complexity index is 899. The first-order valence-electron chi connectivity index (χ1n) is 7.98. The van der Waals surface area contributed by atoms with Crippen molar-refractivity contribution >= 4 is 29.4 Å². The average Bonchev–Trinajstić information content (AvgIpc) is 2.92. The Morgan fingerprint density at radius 2 is 1.92 bits per heavy atom. The van der Waals surface area contributed by atoms with Crippen molar-refractivity contribution in [3.63, 3.8) is 0 Å². The molecule has 3 rings (SSSR count). The molecule has 0 bridgehead atoms. The summed E-state index contributed by atoms with van der Waals surface area (Å²) in [7, 11) is 1.30. The van der Waals surface area contributed by atoms with Crippen molar-refractivity contribution < 1.29 is 23.8 Å². The lowest BCUT2D eigenvalue weighted by atomic mass is 10.0. The monoisotopic (exact) mass is 372 g/mol. The largest absolute Gasteiger partial charge is 0.479 e. The Morgan fingerprint density at radius 1 is 1.23 bits per heavy atom. The molecule has 0 saturated heterocycles. The zero-order chi connectivity index (χ0) is 18.8. The van der Waals surface area contributed by atoms with Crippen LogP contribution < -0.4 is 9.47 Å². The molecule has 6 heteroatoms. The summed E-state index contributed by atoms with van der Waals surface area (Å²) in [4.78, 5) is 24.2. The molecule has 5 nitrogen and oxygen atoms in total. The summed E-state index contributed by atoms with van der Waals surface area (Å²) >= 11 is 5.88. The summed E-state index contributed by atoms with van der Waals surface area (Å²) in [6.45, 7) is 3.38. The third-order valence-electron chi connectivity index (χ3n) is 3.96. The Morgan fingerprint density at radius 3 is 2.58 bits per heavy atom. The van der Waals surface area contributed by atoms with Gasteiger partial charge in [-0.3, -0.25) is 4.79 Å². The van der Waals surface area contributed by atoms with Crippen LogP contribution in [0.5, 0.6) is 11.5 Å². The normalized spacial score (nSPS) is 15.4. The number of Topliss-reactive ketones (excluding diaryl/α,β-unsaturated/α-hetero) is 1. The summed E-state index contributed by atoms with van der Waals surface area (Å²) < 4.78 is 15.9. The van der Waals surface area contributed by atoms with E-state index in [0.29, 0.717) is 27.6 Å². The molecule has 0 amide bonds. The van der Waals surface area contributed by atoms with Crippen LogP contribution in [0, 0.1) is 6.92 Å². The van der Waals surface area contributed by atoms with Crippen LogP contribution in [0.1, 0.15) is 28.4 Å². The van der Waals surface area contributed by atoms with Crippen molar-refractivity contribution in [2.75, 3.05) is 7.11 Å². The number of carbonyl (C=O) groups is 2. The predicted molar refractivity (Wildman–Crippen MR) is 97.7 cm³/mol.